The van der Waals surface area contributed by atoms with E-state index in [4.69, 9.17) is 4.74 Å². The summed E-state index contributed by atoms with van der Waals surface area (Å²) in [6.07, 6.45) is 2.38. The molecule has 0 radical (unpaired) electrons. The number of carbonyl (C=O) groups is 1. The molecule has 3 rings (SSSR count). The standard InChI is InChI=1S/C20H25N5O4/c1-14-6-4-7-15(12-14)29-11-5-9-21-16(26)8-10-25-13-22-18-17(25)19(27)24(3)20(28)23(18)2/h4,6-7,12-13H,5,8-11H2,1-3H3,(H,21,26). The Morgan fingerprint density at radius 2 is 2.00 bits per heavy atom. The van der Waals surface area contributed by atoms with Gasteiger partial charge in [0.1, 0.15) is 5.75 Å². The number of ether oxygens (including phenoxy) is 1. The van der Waals surface area contributed by atoms with Gasteiger partial charge in [0.25, 0.3) is 5.56 Å². The van der Waals surface area contributed by atoms with Gasteiger partial charge in [-0.15, -0.1) is 0 Å². The van der Waals surface area contributed by atoms with Gasteiger partial charge >= 0.3 is 5.69 Å². The Bertz CT molecular complexity index is 1140. The molecule has 9 nitrogen and oxygen atoms in total. The zero-order valence-electron chi connectivity index (χ0n) is 16.8. The van der Waals surface area contributed by atoms with Crippen molar-refractivity contribution in [3.05, 3.63) is 57.0 Å². The molecule has 0 unspecified atom stereocenters. The maximum absolute atomic E-state index is 12.4. The number of aromatic nitrogens is 4. The van der Waals surface area contributed by atoms with Gasteiger partial charge in [0, 0.05) is 33.6 Å². The lowest BCUT2D eigenvalue weighted by Gasteiger charge is -2.09. The number of benzene rings is 1. The van der Waals surface area contributed by atoms with Crippen LogP contribution in [0.25, 0.3) is 11.2 Å². The molecule has 1 aromatic carbocycles. The highest BCUT2D eigenvalue weighted by Crippen LogP contribution is 2.12. The number of fused-ring (bicyclic) bond motifs is 1. The highest BCUT2D eigenvalue weighted by molar-refractivity contribution is 5.76. The first-order chi connectivity index (χ1) is 13.9. The van der Waals surface area contributed by atoms with Gasteiger partial charge < -0.3 is 14.6 Å². The van der Waals surface area contributed by atoms with Crippen molar-refractivity contribution in [3.63, 3.8) is 0 Å². The van der Waals surface area contributed by atoms with E-state index in [1.54, 1.807) is 11.6 Å². The monoisotopic (exact) mass is 399 g/mol. The fraction of sp³-hybridized carbons (Fsp3) is 0.400. The number of hydrogen-bond acceptors (Lipinski definition) is 5. The molecule has 154 valence electrons. The quantitative estimate of drug-likeness (QED) is 0.563. The molecule has 0 saturated carbocycles. The van der Waals surface area contributed by atoms with Gasteiger partial charge in [-0.1, -0.05) is 12.1 Å². The molecule has 0 aliphatic rings. The Morgan fingerprint density at radius 3 is 2.76 bits per heavy atom. The molecule has 2 heterocycles. The minimum Gasteiger partial charge on any atom is -0.494 e. The molecule has 1 N–H and O–H groups in total. The Morgan fingerprint density at radius 1 is 1.21 bits per heavy atom. The smallest absolute Gasteiger partial charge is 0.332 e. The second-order valence-electron chi connectivity index (χ2n) is 6.93. The van der Waals surface area contributed by atoms with Crippen LogP contribution in [0.4, 0.5) is 0 Å². The van der Waals surface area contributed by atoms with E-state index in [1.165, 1.54) is 17.9 Å². The summed E-state index contributed by atoms with van der Waals surface area (Å²) in [4.78, 5) is 40.6. The van der Waals surface area contributed by atoms with Crippen molar-refractivity contribution >= 4 is 17.1 Å². The van der Waals surface area contributed by atoms with Crippen LogP contribution in [-0.2, 0) is 25.4 Å². The SMILES string of the molecule is Cc1cccc(OCCCNC(=O)CCn2cnc3c2c(=O)n(C)c(=O)n3C)c1. The third-order valence-corrected chi connectivity index (χ3v) is 4.70. The van der Waals surface area contributed by atoms with Crippen LogP contribution < -0.4 is 21.3 Å². The number of imidazole rings is 1. The van der Waals surface area contributed by atoms with E-state index in [0.717, 1.165) is 15.9 Å². The molecule has 29 heavy (non-hydrogen) atoms. The van der Waals surface area contributed by atoms with Crippen molar-refractivity contribution in [1.82, 2.24) is 24.0 Å². The topological polar surface area (TPSA) is 100 Å². The number of aryl methyl sites for hydroxylation is 3. The summed E-state index contributed by atoms with van der Waals surface area (Å²) >= 11 is 0. The number of nitrogens with one attached hydrogen (secondary N) is 1. The van der Waals surface area contributed by atoms with E-state index in [-0.39, 0.29) is 12.3 Å². The third-order valence-electron chi connectivity index (χ3n) is 4.70. The Hall–Kier alpha value is -3.36. The van der Waals surface area contributed by atoms with Crippen LogP contribution in [0.5, 0.6) is 5.75 Å². The second kappa shape index (κ2) is 8.76. The fourth-order valence-corrected chi connectivity index (χ4v) is 3.07. The lowest BCUT2D eigenvalue weighted by molar-refractivity contribution is -0.121. The van der Waals surface area contributed by atoms with Crippen molar-refractivity contribution in [2.45, 2.75) is 26.3 Å². The van der Waals surface area contributed by atoms with Crippen LogP contribution in [-0.4, -0.2) is 37.7 Å². The van der Waals surface area contributed by atoms with Gasteiger partial charge in [0.05, 0.1) is 12.9 Å². The first-order valence-electron chi connectivity index (χ1n) is 9.45. The van der Waals surface area contributed by atoms with E-state index in [0.29, 0.717) is 37.3 Å². The number of amides is 1. The fourth-order valence-electron chi connectivity index (χ4n) is 3.07. The lowest BCUT2D eigenvalue weighted by Crippen LogP contribution is -2.37. The summed E-state index contributed by atoms with van der Waals surface area (Å²) in [6.45, 7) is 3.33. The number of nitrogens with zero attached hydrogens (tertiary/aromatic N) is 4. The summed E-state index contributed by atoms with van der Waals surface area (Å²) in [6, 6.07) is 7.82. The molecule has 0 aliphatic heterocycles. The number of hydrogen-bond donors (Lipinski definition) is 1. The average Bonchev–Trinajstić information content (AvgIpc) is 3.13. The highest BCUT2D eigenvalue weighted by atomic mass is 16.5. The zero-order valence-corrected chi connectivity index (χ0v) is 16.8. The number of carbonyl (C=O) groups excluding carboxylic acids is 1. The van der Waals surface area contributed by atoms with Crippen LogP contribution in [0, 0.1) is 6.92 Å². The highest BCUT2D eigenvalue weighted by Gasteiger charge is 2.14. The molecule has 0 atom stereocenters. The summed E-state index contributed by atoms with van der Waals surface area (Å²) < 4.78 is 9.62. The molecular weight excluding hydrogens is 374 g/mol. The lowest BCUT2D eigenvalue weighted by atomic mass is 10.2. The van der Waals surface area contributed by atoms with Gasteiger partial charge in [0.15, 0.2) is 11.2 Å². The predicted molar refractivity (Wildman–Crippen MR) is 109 cm³/mol. The molecule has 1 amide bonds. The first kappa shape index (κ1) is 20.4. The second-order valence-corrected chi connectivity index (χ2v) is 6.93. The van der Waals surface area contributed by atoms with Crippen LogP contribution >= 0.6 is 0 Å². The largest absolute Gasteiger partial charge is 0.494 e. The summed E-state index contributed by atoms with van der Waals surface area (Å²) in [5.74, 6) is 0.698. The van der Waals surface area contributed by atoms with Crippen LogP contribution in [0.1, 0.15) is 18.4 Å². The molecule has 0 spiro atoms. The Labute approximate surface area is 167 Å². The minimum absolute atomic E-state index is 0.121. The molecule has 0 aliphatic carbocycles. The normalized spacial score (nSPS) is 11.0. The van der Waals surface area contributed by atoms with Gasteiger partial charge in [-0.05, 0) is 31.0 Å². The van der Waals surface area contributed by atoms with Gasteiger partial charge in [-0.25, -0.2) is 9.78 Å². The summed E-state index contributed by atoms with van der Waals surface area (Å²) in [7, 11) is 2.99. The van der Waals surface area contributed by atoms with Crippen LogP contribution in [0.15, 0.2) is 40.2 Å². The van der Waals surface area contributed by atoms with Crippen molar-refractivity contribution in [3.8, 4) is 5.75 Å². The molecule has 0 saturated heterocycles. The zero-order chi connectivity index (χ0) is 21.0. The molecule has 3 aromatic rings. The van der Waals surface area contributed by atoms with Gasteiger partial charge in [-0.3, -0.25) is 18.7 Å². The third kappa shape index (κ3) is 4.56. The van der Waals surface area contributed by atoms with E-state index >= 15 is 0 Å². The summed E-state index contributed by atoms with van der Waals surface area (Å²) in [5, 5.41) is 2.85. The molecular formula is C20H25N5O4. The molecule has 0 bridgehead atoms. The molecule has 0 fully saturated rings. The average molecular weight is 399 g/mol. The van der Waals surface area contributed by atoms with Gasteiger partial charge in [0.2, 0.25) is 5.91 Å². The van der Waals surface area contributed by atoms with Crippen LogP contribution in [0.3, 0.4) is 0 Å². The van der Waals surface area contributed by atoms with Crippen molar-refractivity contribution in [1.29, 1.82) is 0 Å². The van der Waals surface area contributed by atoms with Gasteiger partial charge in [-0.2, -0.15) is 0 Å². The summed E-state index contributed by atoms with van der Waals surface area (Å²) in [5.41, 5.74) is 0.908. The van der Waals surface area contributed by atoms with E-state index in [2.05, 4.69) is 10.3 Å². The first-order valence-corrected chi connectivity index (χ1v) is 9.45. The molecule has 9 heteroatoms. The van der Waals surface area contributed by atoms with E-state index < -0.39 is 11.2 Å². The van der Waals surface area contributed by atoms with Crippen molar-refractivity contribution < 1.29 is 9.53 Å². The number of rotatable bonds is 8. The van der Waals surface area contributed by atoms with Crippen LogP contribution in [0.2, 0.25) is 0 Å². The van der Waals surface area contributed by atoms with E-state index in [9.17, 15) is 14.4 Å². The Kier molecular flexibility index (Phi) is 6.16. The van der Waals surface area contributed by atoms with Crippen molar-refractivity contribution in [2.75, 3.05) is 13.2 Å². The maximum atomic E-state index is 12.4. The maximum Gasteiger partial charge on any atom is 0.332 e. The molecule has 2 aromatic heterocycles. The predicted octanol–water partition coefficient (Wildman–Crippen LogP) is 0.718. The van der Waals surface area contributed by atoms with Crippen molar-refractivity contribution in [2.24, 2.45) is 14.1 Å². The Balaban J connectivity index is 1.49. The van der Waals surface area contributed by atoms with E-state index in [1.807, 2.05) is 31.2 Å². The minimum atomic E-state index is -0.432.